The lowest BCUT2D eigenvalue weighted by Gasteiger charge is -2.26. The zero-order valence-electron chi connectivity index (χ0n) is 35.0. The van der Waals surface area contributed by atoms with E-state index < -0.39 is 0 Å². The second kappa shape index (κ2) is 14.4. The summed E-state index contributed by atoms with van der Waals surface area (Å²) in [6.07, 6.45) is 8.38. The van der Waals surface area contributed by atoms with Crippen LogP contribution >= 0.6 is 0 Å². The number of imidazole rings is 1. The lowest BCUT2D eigenvalue weighted by molar-refractivity contribution is 0.484. The van der Waals surface area contributed by atoms with Crippen molar-refractivity contribution in [2.75, 3.05) is 16.5 Å². The number of benzene rings is 6. The number of pyridine rings is 2. The Morgan fingerprint density at radius 2 is 1.15 bits per heavy atom. The third-order valence-electron chi connectivity index (χ3n) is 12.3. The molecule has 7 nitrogen and oxygen atoms in total. The van der Waals surface area contributed by atoms with Crippen LogP contribution in [0.1, 0.15) is 56.2 Å². The van der Waals surface area contributed by atoms with Gasteiger partial charge in [0.05, 0.1) is 35.1 Å². The van der Waals surface area contributed by atoms with Crippen LogP contribution < -0.4 is 14.5 Å². The summed E-state index contributed by atoms with van der Waals surface area (Å²) >= 11 is 0. The maximum Gasteiger partial charge on any atom is 0.145 e. The summed E-state index contributed by atoms with van der Waals surface area (Å²) in [6, 6.07) is 49.5. The van der Waals surface area contributed by atoms with Gasteiger partial charge in [-0.25, -0.2) is 9.97 Å². The lowest BCUT2D eigenvalue weighted by Crippen LogP contribution is -2.25. The normalized spacial score (nSPS) is 13.1. The van der Waals surface area contributed by atoms with E-state index in [2.05, 4.69) is 212 Å². The predicted molar refractivity (Wildman–Crippen MR) is 253 cm³/mol. The molecule has 4 aromatic heterocycles. The molecule has 0 radical (unpaired) electrons. The predicted octanol–water partition coefficient (Wildman–Crippen LogP) is 13.9. The Hall–Kier alpha value is -7.38. The number of hydrogen-bond acceptors (Lipinski definition) is 5. The second-order valence-electron chi connectivity index (χ2n) is 16.9. The molecule has 0 spiro atoms. The largest absolute Gasteiger partial charge is 0.457 e. The van der Waals surface area contributed by atoms with Crippen molar-refractivity contribution in [2.45, 2.75) is 46.5 Å². The van der Waals surface area contributed by atoms with E-state index >= 15 is 0 Å². The number of anilines is 2. The SMILES string of the molecule is Cc1ccc(-n2c3ccccc3c3ccc(Oc4ccc5c6ccccc6n6c(-c7c(C(C)C)cc(N8C=CN(c9ccccc9)C8)cc7C(C)C)cnc6c5c4)cc32)nc1. The highest BCUT2D eigenvalue weighted by molar-refractivity contribution is 6.13. The monoisotopic (exact) mass is 794 g/mol. The van der Waals surface area contributed by atoms with Crippen molar-refractivity contribution in [1.82, 2.24) is 18.9 Å². The Morgan fingerprint density at radius 3 is 1.85 bits per heavy atom. The van der Waals surface area contributed by atoms with E-state index in [0.717, 1.165) is 73.6 Å². The Morgan fingerprint density at radius 1 is 0.525 bits per heavy atom. The van der Waals surface area contributed by atoms with Crippen LogP contribution in [-0.2, 0) is 0 Å². The fourth-order valence-corrected chi connectivity index (χ4v) is 9.27. The zero-order chi connectivity index (χ0) is 41.4. The summed E-state index contributed by atoms with van der Waals surface area (Å²) in [6.45, 7) is 12.0. The smallest absolute Gasteiger partial charge is 0.145 e. The molecule has 0 N–H and O–H groups in total. The van der Waals surface area contributed by atoms with Gasteiger partial charge in [-0.3, -0.25) is 8.97 Å². The maximum atomic E-state index is 6.77. The number of rotatable bonds is 8. The van der Waals surface area contributed by atoms with Crippen molar-refractivity contribution in [3.05, 3.63) is 181 Å². The summed E-state index contributed by atoms with van der Waals surface area (Å²) in [5, 5.41) is 5.69. The molecule has 1 aliphatic rings. The molecule has 0 aliphatic carbocycles. The zero-order valence-corrected chi connectivity index (χ0v) is 35.0. The summed E-state index contributed by atoms with van der Waals surface area (Å²) in [4.78, 5) is 14.7. The maximum absolute atomic E-state index is 6.77. The molecule has 0 saturated heterocycles. The highest BCUT2D eigenvalue weighted by Gasteiger charge is 2.25. The van der Waals surface area contributed by atoms with Crippen LogP contribution in [0.15, 0.2) is 164 Å². The van der Waals surface area contributed by atoms with Crippen molar-refractivity contribution in [3.63, 3.8) is 0 Å². The van der Waals surface area contributed by atoms with E-state index in [1.54, 1.807) is 0 Å². The molecule has 10 aromatic rings. The molecule has 0 atom stereocenters. The molecule has 11 rings (SSSR count). The topological polar surface area (TPSA) is 50.8 Å². The first-order valence-corrected chi connectivity index (χ1v) is 21.2. The highest BCUT2D eigenvalue weighted by Crippen LogP contribution is 2.43. The van der Waals surface area contributed by atoms with Crippen molar-refractivity contribution in [1.29, 1.82) is 0 Å². The molecule has 6 aromatic carbocycles. The number of nitrogens with zero attached hydrogens (tertiary/aromatic N) is 6. The van der Waals surface area contributed by atoms with Gasteiger partial charge in [-0.15, -0.1) is 0 Å². The molecular formula is C54H46N6O. The third-order valence-corrected chi connectivity index (χ3v) is 12.3. The lowest BCUT2D eigenvalue weighted by atomic mass is 9.86. The molecule has 298 valence electrons. The minimum absolute atomic E-state index is 0.277. The van der Waals surface area contributed by atoms with Crippen LogP contribution in [0.3, 0.4) is 0 Å². The summed E-state index contributed by atoms with van der Waals surface area (Å²) in [5.74, 6) is 2.94. The molecule has 0 saturated carbocycles. The van der Waals surface area contributed by atoms with Crippen LogP contribution in [0.5, 0.6) is 11.5 Å². The standard InChI is InChI=1S/C54H46N6O/c1-34(2)45-27-38(58-26-25-57(33-58)37-13-7-6-8-14-37)28-46(35(3)4)53(45)51-32-56-54-47-29-39(20-22-41(47)42-15-9-12-18-49(42)60(51)54)61-40-21-23-44-43-16-10-11-17-48(43)59(50(44)30-40)52-24-19-36(5)31-55-52/h6-32,34-35H,33H2,1-5H3. The van der Waals surface area contributed by atoms with Gasteiger partial charge in [0.1, 0.15) is 23.0 Å². The van der Waals surface area contributed by atoms with E-state index in [9.17, 15) is 0 Å². The van der Waals surface area contributed by atoms with E-state index in [-0.39, 0.29) is 11.8 Å². The number of aryl methyl sites for hydroxylation is 1. The van der Waals surface area contributed by atoms with Crippen molar-refractivity contribution < 1.29 is 4.74 Å². The first-order valence-electron chi connectivity index (χ1n) is 21.2. The Bertz CT molecular complexity index is 3310. The van der Waals surface area contributed by atoms with Crippen molar-refractivity contribution >= 4 is 60.5 Å². The molecule has 5 heterocycles. The van der Waals surface area contributed by atoms with Crippen LogP contribution in [0, 0.1) is 6.92 Å². The Balaban J connectivity index is 1.04. The van der Waals surface area contributed by atoms with Gasteiger partial charge in [0.25, 0.3) is 0 Å². The summed E-state index contributed by atoms with van der Waals surface area (Å²) < 4.78 is 11.4. The molecule has 0 fully saturated rings. The molecule has 1 aliphatic heterocycles. The van der Waals surface area contributed by atoms with Crippen molar-refractivity contribution in [3.8, 4) is 28.6 Å². The molecule has 7 heteroatoms. The van der Waals surface area contributed by atoms with Gasteiger partial charge in [0.2, 0.25) is 0 Å². The van der Waals surface area contributed by atoms with E-state index in [1.807, 2.05) is 6.20 Å². The first-order chi connectivity index (χ1) is 29.8. The van der Waals surface area contributed by atoms with E-state index in [0.29, 0.717) is 0 Å². The number of hydrogen-bond donors (Lipinski definition) is 0. The quantitative estimate of drug-likeness (QED) is 0.143. The van der Waals surface area contributed by atoms with Gasteiger partial charge in [-0.05, 0) is 114 Å². The fourth-order valence-electron chi connectivity index (χ4n) is 9.27. The van der Waals surface area contributed by atoms with Gasteiger partial charge < -0.3 is 14.5 Å². The minimum atomic E-state index is 0.277. The number of ether oxygens (including phenoxy) is 1. The molecule has 0 bridgehead atoms. The average molecular weight is 795 g/mol. The third kappa shape index (κ3) is 6.10. The number of para-hydroxylation sites is 3. The Labute approximate surface area is 355 Å². The van der Waals surface area contributed by atoms with E-state index in [4.69, 9.17) is 14.7 Å². The van der Waals surface area contributed by atoms with Crippen LogP contribution in [0.2, 0.25) is 0 Å². The van der Waals surface area contributed by atoms with Gasteiger partial charge in [-0.2, -0.15) is 0 Å². The average Bonchev–Trinajstić information content (AvgIpc) is 4.04. The van der Waals surface area contributed by atoms with Gasteiger partial charge in [0.15, 0.2) is 0 Å². The van der Waals surface area contributed by atoms with E-state index in [1.165, 1.54) is 38.8 Å². The van der Waals surface area contributed by atoms with Crippen LogP contribution in [0.4, 0.5) is 11.4 Å². The van der Waals surface area contributed by atoms with Gasteiger partial charge in [-0.1, -0.05) is 88.4 Å². The highest BCUT2D eigenvalue weighted by atomic mass is 16.5. The van der Waals surface area contributed by atoms with Gasteiger partial charge in [0, 0.05) is 63.1 Å². The number of aromatic nitrogens is 4. The molecule has 0 unspecified atom stereocenters. The summed E-state index contributed by atoms with van der Waals surface area (Å²) in [5.41, 5.74) is 12.7. The molecule has 61 heavy (non-hydrogen) atoms. The van der Waals surface area contributed by atoms with Gasteiger partial charge >= 0.3 is 0 Å². The van der Waals surface area contributed by atoms with Crippen LogP contribution in [-0.4, -0.2) is 25.6 Å². The first kappa shape index (κ1) is 36.7. The number of fused-ring (bicyclic) bond motifs is 9. The summed E-state index contributed by atoms with van der Waals surface area (Å²) in [7, 11) is 0. The van der Waals surface area contributed by atoms with Crippen molar-refractivity contribution in [2.24, 2.45) is 0 Å². The fraction of sp³-hybridized carbons (Fsp3) is 0.148. The Kier molecular flexibility index (Phi) is 8.67. The molecule has 0 amide bonds. The molecular weight excluding hydrogens is 749 g/mol. The second-order valence-corrected chi connectivity index (χ2v) is 16.9. The van der Waals surface area contributed by atoms with Crippen LogP contribution in [0.25, 0.3) is 66.2 Å². The minimum Gasteiger partial charge on any atom is -0.457 e.